The Morgan fingerprint density at radius 1 is 0.710 bits per heavy atom. The summed E-state index contributed by atoms with van der Waals surface area (Å²) < 4.78 is 46.2. The highest BCUT2D eigenvalue weighted by molar-refractivity contribution is 7.87. The molecule has 3 nitrogen and oxygen atoms in total. The van der Waals surface area contributed by atoms with Crippen LogP contribution in [-0.4, -0.2) is 8.42 Å². The third kappa shape index (κ3) is 4.52. The topological polar surface area (TPSA) is 43.4 Å². The summed E-state index contributed by atoms with van der Waals surface area (Å²) in [6.07, 6.45) is 0. The summed E-state index contributed by atoms with van der Waals surface area (Å²) in [5.41, 5.74) is 3.15. The summed E-state index contributed by atoms with van der Waals surface area (Å²) in [4.78, 5) is -0.0247. The molecule has 0 atom stereocenters. The van der Waals surface area contributed by atoms with Crippen LogP contribution in [0.15, 0.2) is 108 Å². The van der Waals surface area contributed by atoms with E-state index in [1.165, 1.54) is 18.2 Å². The molecule has 4 aromatic carbocycles. The van der Waals surface area contributed by atoms with Crippen LogP contribution in [0.4, 0.5) is 4.39 Å². The van der Waals surface area contributed by atoms with Gasteiger partial charge >= 0.3 is 10.1 Å². The van der Waals surface area contributed by atoms with Gasteiger partial charge in [0.05, 0.1) is 0 Å². The van der Waals surface area contributed by atoms with E-state index in [1.807, 2.05) is 67.6 Å². The molecule has 0 unspecified atom stereocenters. The van der Waals surface area contributed by atoms with Gasteiger partial charge < -0.3 is 4.18 Å². The lowest BCUT2D eigenvalue weighted by atomic mass is 9.84. The largest absolute Gasteiger partial charge is 0.375 e. The molecule has 0 radical (unpaired) electrons. The average Bonchev–Trinajstić information content (AvgIpc) is 2.78. The molecule has 0 saturated heterocycles. The fourth-order valence-corrected chi connectivity index (χ4v) is 4.51. The molecule has 31 heavy (non-hydrogen) atoms. The lowest BCUT2D eigenvalue weighted by Gasteiger charge is -2.22. The van der Waals surface area contributed by atoms with Gasteiger partial charge in [-0.2, -0.15) is 8.42 Å². The molecule has 0 heterocycles. The first-order valence-corrected chi connectivity index (χ1v) is 11.3. The Balaban J connectivity index is 1.85. The van der Waals surface area contributed by atoms with Gasteiger partial charge in [0.25, 0.3) is 0 Å². The predicted molar refractivity (Wildman–Crippen MR) is 119 cm³/mol. The number of hydrogen-bond donors (Lipinski definition) is 0. The minimum absolute atomic E-state index is 0.0247. The minimum atomic E-state index is -4.21. The molecule has 0 aliphatic heterocycles. The zero-order valence-electron chi connectivity index (χ0n) is 16.9. The maximum absolute atomic E-state index is 15.0. The SMILES string of the molecule is Cc1ccc(S(=O)(=O)Oc2c(F)cccc2C(c2ccccc2)c2ccccc2)cc1. The molecule has 0 spiro atoms. The van der Waals surface area contributed by atoms with E-state index < -0.39 is 21.9 Å². The van der Waals surface area contributed by atoms with Gasteiger partial charge in [-0.15, -0.1) is 0 Å². The van der Waals surface area contributed by atoms with Crippen molar-refractivity contribution in [1.82, 2.24) is 0 Å². The van der Waals surface area contributed by atoms with Crippen molar-refractivity contribution in [3.05, 3.63) is 131 Å². The Morgan fingerprint density at radius 3 is 1.81 bits per heavy atom. The molecule has 0 fully saturated rings. The lowest BCUT2D eigenvalue weighted by molar-refractivity contribution is 0.456. The zero-order valence-corrected chi connectivity index (χ0v) is 17.7. The Kier molecular flexibility index (Phi) is 5.87. The van der Waals surface area contributed by atoms with E-state index >= 15 is 0 Å². The Labute approximate surface area is 181 Å². The minimum Gasteiger partial charge on any atom is -0.375 e. The van der Waals surface area contributed by atoms with E-state index in [0.29, 0.717) is 5.56 Å². The van der Waals surface area contributed by atoms with E-state index in [4.69, 9.17) is 4.18 Å². The van der Waals surface area contributed by atoms with Crippen molar-refractivity contribution < 1.29 is 17.0 Å². The predicted octanol–water partition coefficient (Wildman–Crippen LogP) is 6.08. The summed E-state index contributed by atoms with van der Waals surface area (Å²) in [6.45, 7) is 1.86. The van der Waals surface area contributed by atoms with Crippen molar-refractivity contribution >= 4 is 10.1 Å². The number of para-hydroxylation sites is 1. The molecule has 0 aliphatic carbocycles. The quantitative estimate of drug-likeness (QED) is 0.274. The first kappa shape index (κ1) is 20.8. The van der Waals surface area contributed by atoms with Gasteiger partial charge in [0.15, 0.2) is 11.6 Å². The molecule has 0 N–H and O–H groups in total. The molecule has 0 aliphatic rings. The first-order valence-electron chi connectivity index (χ1n) is 9.85. The fourth-order valence-electron chi connectivity index (χ4n) is 3.55. The van der Waals surface area contributed by atoms with E-state index in [-0.39, 0.29) is 10.6 Å². The van der Waals surface area contributed by atoms with Crippen LogP contribution in [0.3, 0.4) is 0 Å². The van der Waals surface area contributed by atoms with Crippen LogP contribution in [0.2, 0.25) is 0 Å². The van der Waals surface area contributed by atoms with E-state index in [0.717, 1.165) is 16.7 Å². The summed E-state index contributed by atoms with van der Waals surface area (Å²) >= 11 is 0. The van der Waals surface area contributed by atoms with E-state index in [2.05, 4.69) is 0 Å². The molecule has 4 rings (SSSR count). The van der Waals surface area contributed by atoms with E-state index in [9.17, 15) is 12.8 Å². The molecule has 0 amide bonds. The van der Waals surface area contributed by atoms with Gasteiger partial charge in [-0.3, -0.25) is 0 Å². The van der Waals surface area contributed by atoms with Crippen molar-refractivity contribution in [3.63, 3.8) is 0 Å². The molecular weight excluding hydrogens is 411 g/mol. The van der Waals surface area contributed by atoms with Crippen molar-refractivity contribution in [1.29, 1.82) is 0 Å². The molecule has 4 aromatic rings. The van der Waals surface area contributed by atoms with E-state index in [1.54, 1.807) is 24.3 Å². The lowest BCUT2D eigenvalue weighted by Crippen LogP contribution is -2.14. The first-order chi connectivity index (χ1) is 15.0. The van der Waals surface area contributed by atoms with Gasteiger partial charge in [-0.05, 0) is 36.2 Å². The summed E-state index contributed by atoms with van der Waals surface area (Å²) in [5.74, 6) is -1.42. The second-order valence-electron chi connectivity index (χ2n) is 7.26. The number of benzene rings is 4. The molecule has 0 saturated carbocycles. The van der Waals surface area contributed by atoms with Crippen LogP contribution in [0.5, 0.6) is 5.75 Å². The highest BCUT2D eigenvalue weighted by atomic mass is 32.2. The van der Waals surface area contributed by atoms with Crippen molar-refractivity contribution in [2.24, 2.45) is 0 Å². The highest BCUT2D eigenvalue weighted by Gasteiger charge is 2.27. The summed E-state index contributed by atoms with van der Waals surface area (Å²) in [7, 11) is -4.21. The number of rotatable bonds is 6. The second-order valence-corrected chi connectivity index (χ2v) is 8.81. The normalized spacial score (nSPS) is 11.5. The third-order valence-corrected chi connectivity index (χ3v) is 6.31. The van der Waals surface area contributed by atoms with Crippen molar-refractivity contribution in [2.45, 2.75) is 17.7 Å². The van der Waals surface area contributed by atoms with Crippen LogP contribution in [0.25, 0.3) is 0 Å². The molecule has 0 aromatic heterocycles. The second kappa shape index (κ2) is 8.74. The van der Waals surface area contributed by atoms with Gasteiger partial charge in [0, 0.05) is 11.5 Å². The Hall–Kier alpha value is -3.44. The van der Waals surface area contributed by atoms with Crippen LogP contribution < -0.4 is 4.18 Å². The fraction of sp³-hybridized carbons (Fsp3) is 0.0769. The maximum atomic E-state index is 15.0. The van der Waals surface area contributed by atoms with Gasteiger partial charge in [-0.1, -0.05) is 90.5 Å². The monoisotopic (exact) mass is 432 g/mol. The Bertz CT molecular complexity index is 1230. The number of aryl methyl sites for hydroxylation is 1. The van der Waals surface area contributed by atoms with Crippen LogP contribution in [-0.2, 0) is 10.1 Å². The smallest absolute Gasteiger partial charge is 0.339 e. The average molecular weight is 433 g/mol. The molecule has 0 bridgehead atoms. The van der Waals surface area contributed by atoms with Crippen molar-refractivity contribution in [3.8, 4) is 5.75 Å². The highest BCUT2D eigenvalue weighted by Crippen LogP contribution is 2.39. The van der Waals surface area contributed by atoms with Crippen LogP contribution in [0, 0.1) is 12.7 Å². The van der Waals surface area contributed by atoms with Crippen molar-refractivity contribution in [2.75, 3.05) is 0 Å². The third-order valence-electron chi connectivity index (χ3n) is 5.08. The van der Waals surface area contributed by atoms with Crippen LogP contribution in [0.1, 0.15) is 28.2 Å². The van der Waals surface area contributed by atoms with Gasteiger partial charge in [0.1, 0.15) is 4.90 Å². The van der Waals surface area contributed by atoms with Gasteiger partial charge in [-0.25, -0.2) is 4.39 Å². The van der Waals surface area contributed by atoms with Crippen LogP contribution >= 0.6 is 0 Å². The molecule has 156 valence electrons. The standard InChI is InChI=1S/C26H21FO3S/c1-19-15-17-22(18-16-19)31(28,29)30-26-23(13-8-14-24(26)27)25(20-9-4-2-5-10-20)21-11-6-3-7-12-21/h2-18,25H,1H3. The zero-order chi connectivity index (χ0) is 21.8. The Morgan fingerprint density at radius 2 is 1.26 bits per heavy atom. The number of hydrogen-bond acceptors (Lipinski definition) is 3. The maximum Gasteiger partial charge on any atom is 0.339 e. The molecular formula is C26H21FO3S. The molecule has 5 heteroatoms. The summed E-state index contributed by atoms with van der Waals surface area (Å²) in [5, 5.41) is 0. The van der Waals surface area contributed by atoms with Gasteiger partial charge in [0.2, 0.25) is 0 Å². The summed E-state index contributed by atoms with van der Waals surface area (Å²) in [6, 6.07) is 29.8. The number of halogens is 1.